The van der Waals surface area contributed by atoms with E-state index in [1.54, 1.807) is 0 Å². The standard InChI is InChI=1S/C28H40O4Si/c1-5-6-18-28(29-20-21-30-28)19-17-25-26(32-25)22-31-33(27(2,3)4,23-13-9-7-10-14-23)24-15-11-8-12-16-24/h7-16,25-26H,5-6,17-22H2,1-4H3/t25-,26-/m1/s1. The van der Waals surface area contributed by atoms with E-state index in [9.17, 15) is 0 Å². The Hall–Kier alpha value is -1.50. The third-order valence-electron chi connectivity index (χ3n) is 7.10. The first-order chi connectivity index (χ1) is 15.9. The Morgan fingerprint density at radius 2 is 1.45 bits per heavy atom. The fourth-order valence-corrected chi connectivity index (χ4v) is 9.84. The summed E-state index contributed by atoms with van der Waals surface area (Å²) < 4.78 is 25.2. The summed E-state index contributed by atoms with van der Waals surface area (Å²) in [5.41, 5.74) is 0. The zero-order valence-electron chi connectivity index (χ0n) is 20.7. The van der Waals surface area contributed by atoms with Crippen LogP contribution in [0.1, 0.15) is 59.8 Å². The molecule has 4 rings (SSSR count). The predicted octanol–water partition coefficient (Wildman–Crippen LogP) is 5.04. The van der Waals surface area contributed by atoms with Crippen molar-refractivity contribution in [1.82, 2.24) is 0 Å². The van der Waals surface area contributed by atoms with E-state index in [1.807, 2.05) is 0 Å². The molecule has 0 aromatic heterocycles. The van der Waals surface area contributed by atoms with Crippen molar-refractivity contribution in [3.8, 4) is 0 Å². The molecule has 2 atom stereocenters. The van der Waals surface area contributed by atoms with Crippen molar-refractivity contribution in [3.63, 3.8) is 0 Å². The minimum Gasteiger partial charge on any atom is -0.405 e. The maximum atomic E-state index is 7.03. The van der Waals surface area contributed by atoms with Gasteiger partial charge in [0.1, 0.15) is 6.10 Å². The van der Waals surface area contributed by atoms with Gasteiger partial charge in [0, 0.05) is 12.8 Å². The summed E-state index contributed by atoms with van der Waals surface area (Å²) in [5.74, 6) is -0.397. The summed E-state index contributed by atoms with van der Waals surface area (Å²) in [6.45, 7) is 11.2. The second-order valence-corrected chi connectivity index (χ2v) is 14.7. The third-order valence-corrected chi connectivity index (χ3v) is 12.1. The van der Waals surface area contributed by atoms with E-state index < -0.39 is 14.1 Å². The first kappa shape index (κ1) is 24.6. The molecule has 33 heavy (non-hydrogen) atoms. The molecule has 2 aromatic carbocycles. The molecule has 0 saturated carbocycles. The van der Waals surface area contributed by atoms with Gasteiger partial charge in [0.25, 0.3) is 8.32 Å². The summed E-state index contributed by atoms with van der Waals surface area (Å²) >= 11 is 0. The summed E-state index contributed by atoms with van der Waals surface area (Å²) in [6.07, 6.45) is 5.49. The van der Waals surface area contributed by atoms with Crippen LogP contribution in [0.15, 0.2) is 60.7 Å². The molecule has 2 saturated heterocycles. The third kappa shape index (κ3) is 5.44. The van der Waals surface area contributed by atoms with Gasteiger partial charge in [0.2, 0.25) is 0 Å². The molecule has 0 amide bonds. The van der Waals surface area contributed by atoms with Crippen LogP contribution >= 0.6 is 0 Å². The van der Waals surface area contributed by atoms with Gasteiger partial charge < -0.3 is 18.6 Å². The van der Waals surface area contributed by atoms with Gasteiger partial charge >= 0.3 is 0 Å². The van der Waals surface area contributed by atoms with Crippen molar-refractivity contribution < 1.29 is 18.6 Å². The highest BCUT2D eigenvalue weighted by atomic mass is 28.4. The van der Waals surface area contributed by atoms with E-state index in [0.717, 1.165) is 32.1 Å². The Morgan fingerprint density at radius 1 is 0.879 bits per heavy atom. The summed E-state index contributed by atoms with van der Waals surface area (Å²) in [5, 5.41) is 2.61. The van der Waals surface area contributed by atoms with Crippen LogP contribution in [0, 0.1) is 0 Å². The Bertz CT molecular complexity index is 819. The molecule has 2 aliphatic heterocycles. The Kier molecular flexibility index (Phi) is 7.76. The Labute approximate surface area is 200 Å². The van der Waals surface area contributed by atoms with Crippen LogP contribution in [0.2, 0.25) is 5.04 Å². The van der Waals surface area contributed by atoms with E-state index in [4.69, 9.17) is 18.6 Å². The van der Waals surface area contributed by atoms with Gasteiger partial charge in [-0.1, -0.05) is 94.8 Å². The molecule has 2 heterocycles. The topological polar surface area (TPSA) is 40.2 Å². The fraction of sp³-hybridized carbons (Fsp3) is 0.571. The van der Waals surface area contributed by atoms with E-state index in [0.29, 0.717) is 19.8 Å². The molecular weight excluding hydrogens is 428 g/mol. The van der Waals surface area contributed by atoms with Crippen molar-refractivity contribution in [2.24, 2.45) is 0 Å². The number of rotatable bonds is 11. The minimum absolute atomic E-state index is 0.0180. The monoisotopic (exact) mass is 468 g/mol. The van der Waals surface area contributed by atoms with Crippen LogP contribution in [-0.4, -0.2) is 46.1 Å². The van der Waals surface area contributed by atoms with Crippen LogP contribution in [0.3, 0.4) is 0 Å². The summed E-state index contributed by atoms with van der Waals surface area (Å²) in [4.78, 5) is 0. The van der Waals surface area contributed by atoms with Crippen LogP contribution in [-0.2, 0) is 18.6 Å². The van der Waals surface area contributed by atoms with E-state index in [2.05, 4.69) is 88.4 Å². The van der Waals surface area contributed by atoms with Gasteiger partial charge in [-0.2, -0.15) is 0 Å². The first-order valence-corrected chi connectivity index (χ1v) is 14.5. The Morgan fingerprint density at radius 3 is 1.97 bits per heavy atom. The minimum atomic E-state index is -2.51. The molecule has 2 aromatic rings. The quantitative estimate of drug-likeness (QED) is 0.342. The van der Waals surface area contributed by atoms with E-state index >= 15 is 0 Å². The molecule has 2 fully saturated rings. The van der Waals surface area contributed by atoms with Gasteiger partial charge in [-0.3, -0.25) is 0 Å². The lowest BCUT2D eigenvalue weighted by molar-refractivity contribution is -0.168. The molecule has 2 aliphatic rings. The SMILES string of the molecule is CCCCC1(CC[C@H]2O[C@@H]2CO[Si](c2ccccc2)(c2ccccc2)C(C)(C)C)OCCO1. The molecule has 0 bridgehead atoms. The van der Waals surface area contributed by atoms with Crippen molar-refractivity contribution >= 4 is 18.7 Å². The number of hydrogen-bond acceptors (Lipinski definition) is 4. The number of ether oxygens (including phenoxy) is 3. The van der Waals surface area contributed by atoms with Crippen molar-refractivity contribution in [2.75, 3.05) is 19.8 Å². The van der Waals surface area contributed by atoms with Gasteiger partial charge in [0.05, 0.1) is 25.9 Å². The zero-order chi connectivity index (χ0) is 23.4. The lowest BCUT2D eigenvalue weighted by atomic mass is 10.0. The van der Waals surface area contributed by atoms with E-state index in [-0.39, 0.29) is 17.2 Å². The van der Waals surface area contributed by atoms with Crippen LogP contribution in [0.25, 0.3) is 0 Å². The molecule has 0 radical (unpaired) electrons. The lowest BCUT2D eigenvalue weighted by Gasteiger charge is -2.43. The summed E-state index contributed by atoms with van der Waals surface area (Å²) in [7, 11) is -2.51. The fourth-order valence-electron chi connectivity index (χ4n) is 5.27. The number of benzene rings is 2. The maximum absolute atomic E-state index is 7.03. The Balaban J connectivity index is 1.45. The van der Waals surface area contributed by atoms with Gasteiger partial charge in [-0.15, -0.1) is 0 Å². The van der Waals surface area contributed by atoms with Crippen molar-refractivity contribution in [1.29, 1.82) is 0 Å². The molecule has 180 valence electrons. The molecule has 4 nitrogen and oxygen atoms in total. The highest BCUT2D eigenvalue weighted by molar-refractivity contribution is 6.99. The maximum Gasteiger partial charge on any atom is 0.261 e. The molecule has 0 spiro atoms. The highest BCUT2D eigenvalue weighted by Gasteiger charge is 2.52. The molecule has 0 aliphatic carbocycles. The molecule has 0 unspecified atom stereocenters. The van der Waals surface area contributed by atoms with Gasteiger partial charge in [-0.05, 0) is 28.3 Å². The smallest absolute Gasteiger partial charge is 0.261 e. The van der Waals surface area contributed by atoms with Crippen molar-refractivity contribution in [3.05, 3.63) is 60.7 Å². The predicted molar refractivity (Wildman–Crippen MR) is 136 cm³/mol. The second-order valence-electron chi connectivity index (χ2n) is 10.4. The molecular formula is C28H40O4Si. The lowest BCUT2D eigenvalue weighted by Crippen LogP contribution is -2.66. The number of unbranched alkanes of at least 4 members (excludes halogenated alkanes) is 1. The van der Waals surface area contributed by atoms with E-state index in [1.165, 1.54) is 10.4 Å². The average Bonchev–Trinajstić information content (AvgIpc) is 3.42. The highest BCUT2D eigenvalue weighted by Crippen LogP contribution is 2.39. The molecule has 5 heteroatoms. The van der Waals surface area contributed by atoms with Crippen LogP contribution in [0.5, 0.6) is 0 Å². The normalized spacial score (nSPS) is 22.4. The van der Waals surface area contributed by atoms with Crippen LogP contribution in [0.4, 0.5) is 0 Å². The van der Waals surface area contributed by atoms with Gasteiger partial charge in [0.15, 0.2) is 5.79 Å². The number of hydrogen-bond donors (Lipinski definition) is 0. The largest absolute Gasteiger partial charge is 0.405 e. The average molecular weight is 469 g/mol. The van der Waals surface area contributed by atoms with Crippen LogP contribution < -0.4 is 10.4 Å². The van der Waals surface area contributed by atoms with Gasteiger partial charge in [-0.25, -0.2) is 0 Å². The zero-order valence-corrected chi connectivity index (χ0v) is 21.7. The first-order valence-electron chi connectivity index (χ1n) is 12.6. The number of epoxide rings is 1. The summed E-state index contributed by atoms with van der Waals surface area (Å²) in [6, 6.07) is 21.6. The van der Waals surface area contributed by atoms with Crippen molar-refractivity contribution in [2.45, 2.75) is 82.8 Å². The molecule has 0 N–H and O–H groups in total. The second kappa shape index (κ2) is 10.4.